The highest BCUT2D eigenvalue weighted by Crippen LogP contribution is 2.14. The van der Waals surface area contributed by atoms with Crippen LogP contribution in [0.1, 0.15) is 0 Å². The largest absolute Gasteiger partial charge is 0.529 e. The molecule has 1 amide bonds. The fraction of sp³-hybridized carbons (Fsp3) is 0. The fourth-order valence-corrected chi connectivity index (χ4v) is 0.932. The van der Waals surface area contributed by atoms with Crippen molar-refractivity contribution in [1.29, 1.82) is 0 Å². The third-order valence-corrected chi connectivity index (χ3v) is 1.54. The zero-order chi connectivity index (χ0) is 6.69. The average molecular weight is 142 g/mol. The Morgan fingerprint density at radius 2 is 2.33 bits per heavy atom. The minimum Gasteiger partial charge on any atom is -0.529 e. The lowest BCUT2D eigenvalue weighted by Crippen LogP contribution is -2.33. The van der Waals surface area contributed by atoms with Gasteiger partial charge < -0.3 is 9.90 Å². The molecule has 0 radical (unpaired) electrons. The molecule has 4 heteroatoms. The molecule has 0 unspecified atom stereocenters. The highest BCUT2D eigenvalue weighted by molar-refractivity contribution is 8.00. The molecule has 1 rings (SSSR count). The van der Waals surface area contributed by atoms with E-state index < -0.39 is 6.09 Å². The molecule has 0 N–H and O–H groups in total. The number of rotatable bonds is 0. The number of hydrogen-bond acceptors (Lipinski definition) is 3. The summed E-state index contributed by atoms with van der Waals surface area (Å²) in [6.07, 6.45) is 3.62. The third-order valence-electron chi connectivity index (χ3n) is 0.766. The molecule has 0 fully saturated rings. The molecule has 0 aromatic rings. The van der Waals surface area contributed by atoms with Gasteiger partial charge in [0.05, 0.1) is 0 Å². The molecule has 1 aliphatic rings. The van der Waals surface area contributed by atoms with E-state index in [0.29, 0.717) is 0 Å². The van der Waals surface area contributed by atoms with Crippen molar-refractivity contribution in [2.45, 2.75) is 0 Å². The molecule has 0 aromatic heterocycles. The summed E-state index contributed by atoms with van der Waals surface area (Å²) in [6, 6.07) is 0. The first-order valence-electron chi connectivity index (χ1n) is 2.31. The highest BCUT2D eigenvalue weighted by Gasteiger charge is 1.98. The van der Waals surface area contributed by atoms with Crippen LogP contribution in [0.3, 0.4) is 0 Å². The Balaban J connectivity index is 2.56. The van der Waals surface area contributed by atoms with Crippen LogP contribution in [0.5, 0.6) is 0 Å². The molecule has 48 valence electrons. The van der Waals surface area contributed by atoms with Gasteiger partial charge in [0.1, 0.15) is 0 Å². The lowest BCUT2D eigenvalue weighted by molar-refractivity contribution is -0.256. The van der Waals surface area contributed by atoms with Gasteiger partial charge in [-0.1, -0.05) is 6.08 Å². The molecule has 0 aromatic carbocycles. The molecule has 0 saturated heterocycles. The van der Waals surface area contributed by atoms with E-state index in [-0.39, 0.29) is 0 Å². The second-order valence-corrected chi connectivity index (χ2v) is 2.24. The number of carbonyl (C=O) groups is 1. The summed E-state index contributed by atoms with van der Waals surface area (Å²) in [4.78, 5) is 10.1. The van der Waals surface area contributed by atoms with Crippen molar-refractivity contribution in [1.82, 2.24) is 4.31 Å². The summed E-state index contributed by atoms with van der Waals surface area (Å²) >= 11 is 1.08. The van der Waals surface area contributed by atoms with Gasteiger partial charge in [0.25, 0.3) is 0 Å². The van der Waals surface area contributed by atoms with Gasteiger partial charge in [-0.05, 0) is 23.4 Å². The predicted molar refractivity (Wildman–Crippen MR) is 33.1 cm³/mol. The zero-order valence-corrected chi connectivity index (χ0v) is 5.30. The van der Waals surface area contributed by atoms with Crippen LogP contribution >= 0.6 is 11.9 Å². The maximum absolute atomic E-state index is 10.1. The molecule has 0 saturated carbocycles. The molecule has 9 heavy (non-hydrogen) atoms. The Morgan fingerprint density at radius 1 is 1.56 bits per heavy atom. The topological polar surface area (TPSA) is 43.4 Å². The maximum Gasteiger partial charge on any atom is 0.152 e. The normalized spacial score (nSPS) is 16.2. The van der Waals surface area contributed by atoms with Gasteiger partial charge >= 0.3 is 0 Å². The zero-order valence-electron chi connectivity index (χ0n) is 4.48. The molecule has 1 aliphatic heterocycles. The molecular weight excluding hydrogens is 138 g/mol. The Morgan fingerprint density at radius 3 is 2.67 bits per heavy atom. The molecule has 0 atom stereocenters. The molecule has 0 spiro atoms. The Bertz CT molecular complexity index is 176. The van der Waals surface area contributed by atoms with E-state index >= 15 is 0 Å². The van der Waals surface area contributed by atoms with E-state index in [2.05, 4.69) is 0 Å². The van der Waals surface area contributed by atoms with Crippen molar-refractivity contribution in [3.8, 4) is 0 Å². The van der Waals surface area contributed by atoms with Gasteiger partial charge in [-0.15, -0.1) is 0 Å². The van der Waals surface area contributed by atoms with E-state index in [1.165, 1.54) is 6.20 Å². The molecule has 1 heterocycles. The Kier molecular flexibility index (Phi) is 1.79. The number of carbonyl (C=O) groups excluding carboxylic acids is 1. The van der Waals surface area contributed by atoms with Gasteiger partial charge in [-0.3, -0.25) is 4.31 Å². The number of allylic oxidation sites excluding steroid dienone is 2. The quantitative estimate of drug-likeness (QED) is 0.457. The summed E-state index contributed by atoms with van der Waals surface area (Å²) in [5.74, 6) is 0. The van der Waals surface area contributed by atoms with Crippen LogP contribution in [0.15, 0.2) is 23.8 Å². The van der Waals surface area contributed by atoms with E-state index in [1.54, 1.807) is 17.6 Å². The van der Waals surface area contributed by atoms with Crippen LogP contribution in [0, 0.1) is 0 Å². The molecule has 0 aliphatic carbocycles. The second-order valence-electron chi connectivity index (χ2n) is 1.37. The van der Waals surface area contributed by atoms with Crippen LogP contribution < -0.4 is 5.11 Å². The lowest BCUT2D eigenvalue weighted by Gasteiger charge is -2.18. The first-order valence-corrected chi connectivity index (χ1v) is 3.14. The summed E-state index contributed by atoms with van der Waals surface area (Å²) in [7, 11) is 0. The van der Waals surface area contributed by atoms with E-state index in [4.69, 9.17) is 0 Å². The van der Waals surface area contributed by atoms with Crippen LogP contribution in [0.2, 0.25) is 0 Å². The Hall–Kier alpha value is -0.900. The fourth-order valence-electron chi connectivity index (χ4n) is 0.413. The maximum atomic E-state index is 10.1. The molecule has 3 nitrogen and oxygen atoms in total. The van der Waals surface area contributed by atoms with Gasteiger partial charge in [0.15, 0.2) is 6.09 Å². The number of nitrogens with zero attached hydrogens (tertiary/aromatic N) is 1. The first-order chi connectivity index (χ1) is 4.30. The monoisotopic (exact) mass is 142 g/mol. The highest BCUT2D eigenvalue weighted by atomic mass is 32.2. The summed E-state index contributed by atoms with van der Waals surface area (Å²) in [5.41, 5.74) is 0. The number of amides is 1. The van der Waals surface area contributed by atoms with Gasteiger partial charge in [0, 0.05) is 6.20 Å². The summed E-state index contributed by atoms with van der Waals surface area (Å²) < 4.78 is 1.01. The average Bonchev–Trinajstić information content (AvgIpc) is 1.90. The van der Waals surface area contributed by atoms with Crippen LogP contribution in [0.4, 0.5) is 4.79 Å². The molecule has 0 bridgehead atoms. The van der Waals surface area contributed by atoms with E-state index in [9.17, 15) is 9.90 Å². The minimum absolute atomic E-state index is 1.01. The third kappa shape index (κ3) is 1.50. The lowest BCUT2D eigenvalue weighted by atomic mass is 10.6. The van der Waals surface area contributed by atoms with Crippen LogP contribution in [-0.2, 0) is 0 Å². The van der Waals surface area contributed by atoms with E-state index in [0.717, 1.165) is 16.3 Å². The Labute approximate surface area is 56.8 Å². The van der Waals surface area contributed by atoms with Crippen LogP contribution in [-0.4, -0.2) is 10.4 Å². The van der Waals surface area contributed by atoms with Crippen molar-refractivity contribution >= 4 is 18.0 Å². The summed E-state index contributed by atoms with van der Waals surface area (Å²) in [5, 5.41) is 11.7. The summed E-state index contributed by atoms with van der Waals surface area (Å²) in [6.45, 7) is 0. The number of carboxylic acid groups (broad SMARTS) is 1. The van der Waals surface area contributed by atoms with E-state index in [1.807, 2.05) is 0 Å². The molecular formula is C5H4NO2S-. The van der Waals surface area contributed by atoms with Gasteiger partial charge in [0.2, 0.25) is 0 Å². The van der Waals surface area contributed by atoms with Crippen molar-refractivity contribution in [3.05, 3.63) is 23.8 Å². The SMILES string of the molecule is O=C([O-])N1C=CC=CS1. The van der Waals surface area contributed by atoms with Gasteiger partial charge in [-0.25, -0.2) is 0 Å². The predicted octanol–water partition coefficient (Wildman–Crippen LogP) is 0.321. The van der Waals surface area contributed by atoms with Crippen molar-refractivity contribution in [3.63, 3.8) is 0 Å². The minimum atomic E-state index is -1.19. The smallest absolute Gasteiger partial charge is 0.152 e. The van der Waals surface area contributed by atoms with Crippen molar-refractivity contribution < 1.29 is 9.90 Å². The number of hydrogen-bond donors (Lipinski definition) is 0. The second kappa shape index (κ2) is 2.59. The van der Waals surface area contributed by atoms with Gasteiger partial charge in [-0.2, -0.15) is 0 Å². The van der Waals surface area contributed by atoms with Crippen LogP contribution in [0.25, 0.3) is 0 Å². The van der Waals surface area contributed by atoms with Crippen molar-refractivity contribution in [2.75, 3.05) is 0 Å². The van der Waals surface area contributed by atoms with Crippen molar-refractivity contribution in [2.24, 2.45) is 0 Å². The standard InChI is InChI=1S/C5H5NO2S/c7-5(8)6-3-1-2-4-9-6/h1-4H,(H,7,8)/p-1. The first kappa shape index (κ1) is 6.22.